The van der Waals surface area contributed by atoms with E-state index in [4.69, 9.17) is 0 Å². The monoisotopic (exact) mass is 391 g/mol. The zero-order valence-electron chi connectivity index (χ0n) is 15.7. The zero-order chi connectivity index (χ0) is 20.4. The van der Waals surface area contributed by atoms with Gasteiger partial charge >= 0.3 is 6.61 Å². The molecular formula is C19H23F2N5O2. The van der Waals surface area contributed by atoms with Crippen molar-refractivity contribution in [3.63, 3.8) is 0 Å². The number of nitrogens with one attached hydrogen (secondary N) is 2. The Balaban J connectivity index is 1.77. The Morgan fingerprint density at radius 1 is 1.21 bits per heavy atom. The average Bonchev–Trinajstić information content (AvgIpc) is 2.69. The molecule has 9 heteroatoms. The number of hydrogen-bond donors (Lipinski definition) is 2. The van der Waals surface area contributed by atoms with Crippen LogP contribution in [-0.2, 0) is 6.54 Å². The average molecular weight is 391 g/mol. The van der Waals surface area contributed by atoms with E-state index in [9.17, 15) is 13.6 Å². The number of halogens is 2. The largest absolute Gasteiger partial charge is 0.435 e. The van der Waals surface area contributed by atoms with E-state index in [1.807, 2.05) is 11.9 Å². The number of benzene rings is 1. The highest BCUT2D eigenvalue weighted by Gasteiger charge is 2.09. The maximum absolute atomic E-state index is 12.2. The number of alkyl halides is 2. The predicted octanol–water partition coefficient (Wildman–Crippen LogP) is 2.12. The van der Waals surface area contributed by atoms with Crippen molar-refractivity contribution in [3.05, 3.63) is 59.9 Å². The molecule has 1 aromatic carbocycles. The number of carbonyl (C=O) groups is 1. The van der Waals surface area contributed by atoms with Crippen LogP contribution in [-0.4, -0.2) is 55.5 Å². The standard InChI is InChI=1S/C19H23F2N5O2/c1-22-19(25-11-10-24-17(27)15-4-3-9-23-12-15)26(2)13-14-5-7-16(8-6-14)28-18(20)21/h3-9,12,18H,10-11,13H2,1-2H3,(H,22,25)(H,24,27). The first-order chi connectivity index (χ1) is 13.5. The summed E-state index contributed by atoms with van der Waals surface area (Å²) in [6, 6.07) is 9.83. The van der Waals surface area contributed by atoms with Gasteiger partial charge in [0.15, 0.2) is 5.96 Å². The number of amides is 1. The third-order valence-electron chi connectivity index (χ3n) is 3.76. The van der Waals surface area contributed by atoms with Crippen molar-refractivity contribution in [1.29, 1.82) is 0 Å². The normalized spacial score (nSPS) is 11.2. The molecule has 0 atom stereocenters. The molecular weight excluding hydrogens is 368 g/mol. The van der Waals surface area contributed by atoms with Crippen LogP contribution < -0.4 is 15.4 Å². The van der Waals surface area contributed by atoms with Crippen LogP contribution in [0.15, 0.2) is 53.8 Å². The Bertz CT molecular complexity index is 770. The molecule has 0 aliphatic rings. The highest BCUT2D eigenvalue weighted by atomic mass is 19.3. The van der Waals surface area contributed by atoms with Gasteiger partial charge in [-0.15, -0.1) is 0 Å². The number of nitrogens with zero attached hydrogens (tertiary/aromatic N) is 3. The van der Waals surface area contributed by atoms with Gasteiger partial charge < -0.3 is 20.3 Å². The van der Waals surface area contributed by atoms with E-state index in [2.05, 4.69) is 25.3 Å². The molecule has 0 radical (unpaired) electrons. The molecule has 2 N–H and O–H groups in total. The summed E-state index contributed by atoms with van der Waals surface area (Å²) in [5.74, 6) is 0.571. The van der Waals surface area contributed by atoms with Gasteiger partial charge in [-0.25, -0.2) is 0 Å². The summed E-state index contributed by atoms with van der Waals surface area (Å²) in [5.41, 5.74) is 1.42. The first-order valence-electron chi connectivity index (χ1n) is 8.63. The lowest BCUT2D eigenvalue weighted by Crippen LogP contribution is -2.42. The lowest BCUT2D eigenvalue weighted by atomic mass is 10.2. The van der Waals surface area contributed by atoms with E-state index in [0.717, 1.165) is 5.56 Å². The van der Waals surface area contributed by atoms with Crippen molar-refractivity contribution in [2.24, 2.45) is 4.99 Å². The van der Waals surface area contributed by atoms with E-state index in [1.165, 1.54) is 18.3 Å². The fourth-order valence-electron chi connectivity index (χ4n) is 2.46. The molecule has 0 bridgehead atoms. The maximum Gasteiger partial charge on any atom is 0.387 e. The van der Waals surface area contributed by atoms with Crippen molar-refractivity contribution >= 4 is 11.9 Å². The van der Waals surface area contributed by atoms with Gasteiger partial charge in [0.1, 0.15) is 5.75 Å². The number of ether oxygens (including phenoxy) is 1. The lowest BCUT2D eigenvalue weighted by Gasteiger charge is -2.22. The SMILES string of the molecule is CN=C(NCCNC(=O)c1cccnc1)N(C)Cc1ccc(OC(F)F)cc1. The Morgan fingerprint density at radius 3 is 2.54 bits per heavy atom. The third-order valence-corrected chi connectivity index (χ3v) is 3.76. The van der Waals surface area contributed by atoms with Crippen LogP contribution in [0, 0.1) is 0 Å². The molecule has 150 valence electrons. The van der Waals surface area contributed by atoms with Gasteiger partial charge in [-0.3, -0.25) is 14.8 Å². The highest BCUT2D eigenvalue weighted by Crippen LogP contribution is 2.15. The van der Waals surface area contributed by atoms with E-state index in [1.54, 1.807) is 37.5 Å². The molecule has 2 aromatic rings. The number of aromatic nitrogens is 1. The van der Waals surface area contributed by atoms with Gasteiger partial charge in [-0.1, -0.05) is 12.1 Å². The molecule has 7 nitrogen and oxygen atoms in total. The van der Waals surface area contributed by atoms with E-state index < -0.39 is 6.61 Å². The summed E-state index contributed by atoms with van der Waals surface area (Å²) in [6.45, 7) is -1.41. The number of pyridine rings is 1. The number of rotatable bonds is 8. The summed E-state index contributed by atoms with van der Waals surface area (Å²) >= 11 is 0. The van der Waals surface area contributed by atoms with Gasteiger partial charge in [-0.2, -0.15) is 8.78 Å². The molecule has 2 rings (SSSR count). The van der Waals surface area contributed by atoms with Crippen molar-refractivity contribution < 1.29 is 18.3 Å². The molecule has 0 saturated heterocycles. The zero-order valence-corrected chi connectivity index (χ0v) is 15.7. The molecule has 1 aromatic heterocycles. The van der Waals surface area contributed by atoms with Crippen LogP contribution >= 0.6 is 0 Å². The summed E-state index contributed by atoms with van der Waals surface area (Å²) in [6.07, 6.45) is 3.12. The minimum atomic E-state index is -2.84. The van der Waals surface area contributed by atoms with Gasteiger partial charge in [0.2, 0.25) is 0 Å². The number of aliphatic imine (C=N–C) groups is 1. The van der Waals surface area contributed by atoms with Crippen molar-refractivity contribution in [3.8, 4) is 5.75 Å². The van der Waals surface area contributed by atoms with Crippen molar-refractivity contribution in [1.82, 2.24) is 20.5 Å². The van der Waals surface area contributed by atoms with E-state index in [0.29, 0.717) is 31.2 Å². The third kappa shape index (κ3) is 6.82. The second-order valence-corrected chi connectivity index (χ2v) is 5.85. The highest BCUT2D eigenvalue weighted by molar-refractivity contribution is 5.93. The predicted molar refractivity (Wildman–Crippen MR) is 102 cm³/mol. The topological polar surface area (TPSA) is 78.8 Å². The summed E-state index contributed by atoms with van der Waals surface area (Å²) in [5, 5.41) is 5.95. The van der Waals surface area contributed by atoms with Crippen LogP contribution in [0.2, 0.25) is 0 Å². The minimum Gasteiger partial charge on any atom is -0.435 e. The lowest BCUT2D eigenvalue weighted by molar-refractivity contribution is -0.0498. The van der Waals surface area contributed by atoms with Gasteiger partial charge in [0.05, 0.1) is 5.56 Å². The van der Waals surface area contributed by atoms with Crippen molar-refractivity contribution in [2.75, 3.05) is 27.2 Å². The summed E-state index contributed by atoms with van der Waals surface area (Å²) in [7, 11) is 3.51. The van der Waals surface area contributed by atoms with Crippen LogP contribution in [0.3, 0.4) is 0 Å². The molecule has 0 unspecified atom stereocenters. The molecule has 1 heterocycles. The van der Waals surface area contributed by atoms with Crippen LogP contribution in [0.4, 0.5) is 8.78 Å². The number of carbonyl (C=O) groups excluding carboxylic acids is 1. The molecule has 0 spiro atoms. The Hall–Kier alpha value is -3.23. The fourth-order valence-corrected chi connectivity index (χ4v) is 2.46. The summed E-state index contributed by atoms with van der Waals surface area (Å²) in [4.78, 5) is 21.9. The van der Waals surface area contributed by atoms with Crippen LogP contribution in [0.5, 0.6) is 5.75 Å². The molecule has 0 fully saturated rings. The quantitative estimate of drug-likeness (QED) is 0.409. The second-order valence-electron chi connectivity index (χ2n) is 5.85. The van der Waals surface area contributed by atoms with Crippen molar-refractivity contribution in [2.45, 2.75) is 13.2 Å². The Kier molecular flexibility index (Phi) is 8.13. The smallest absolute Gasteiger partial charge is 0.387 e. The van der Waals surface area contributed by atoms with Crippen LogP contribution in [0.25, 0.3) is 0 Å². The van der Waals surface area contributed by atoms with E-state index >= 15 is 0 Å². The molecule has 0 saturated carbocycles. The fraction of sp³-hybridized carbons (Fsp3) is 0.316. The van der Waals surface area contributed by atoms with Gasteiger partial charge in [-0.05, 0) is 29.8 Å². The molecule has 0 aliphatic carbocycles. The minimum absolute atomic E-state index is 0.119. The first-order valence-corrected chi connectivity index (χ1v) is 8.63. The number of hydrogen-bond acceptors (Lipinski definition) is 4. The molecule has 1 amide bonds. The Labute approximate surface area is 162 Å². The van der Waals surface area contributed by atoms with Crippen LogP contribution in [0.1, 0.15) is 15.9 Å². The number of guanidine groups is 1. The summed E-state index contributed by atoms with van der Waals surface area (Å²) < 4.78 is 28.7. The first kappa shape index (κ1) is 21.1. The maximum atomic E-state index is 12.2. The molecule has 0 aliphatic heterocycles. The van der Waals surface area contributed by atoms with Gasteiger partial charge in [0.25, 0.3) is 5.91 Å². The second kappa shape index (κ2) is 10.8. The van der Waals surface area contributed by atoms with Gasteiger partial charge in [0, 0.05) is 46.1 Å². The Morgan fingerprint density at radius 2 is 1.93 bits per heavy atom. The van der Waals surface area contributed by atoms with E-state index in [-0.39, 0.29) is 11.7 Å². The molecule has 28 heavy (non-hydrogen) atoms.